The molecule has 12 aromatic rings. The maximum absolute atomic E-state index is 2.42. The molecule has 0 spiro atoms. The molecule has 12 rings (SSSR count). The Morgan fingerprint density at radius 1 is 0.255 bits per heavy atom. The summed E-state index contributed by atoms with van der Waals surface area (Å²) in [6, 6.07) is 63.9. The van der Waals surface area contributed by atoms with Gasteiger partial charge in [-0.15, -0.1) is 11.3 Å². The zero-order valence-corrected chi connectivity index (χ0v) is 28.4. The third-order valence-corrected chi connectivity index (χ3v) is 12.5. The van der Waals surface area contributed by atoms with Gasteiger partial charge in [0.05, 0.1) is 0 Å². The molecule has 0 N–H and O–H groups in total. The lowest BCUT2D eigenvalue weighted by atomic mass is 9.89. The third-order valence-electron chi connectivity index (χ3n) is 11.3. The molecule has 0 bridgehead atoms. The average Bonchev–Trinajstić information content (AvgIpc) is 3.56. The van der Waals surface area contributed by atoms with Gasteiger partial charge < -0.3 is 0 Å². The van der Waals surface area contributed by atoms with Crippen molar-refractivity contribution in [2.45, 2.75) is 0 Å². The summed E-state index contributed by atoms with van der Waals surface area (Å²) in [6.07, 6.45) is 0. The van der Waals surface area contributed by atoms with Crippen LogP contribution in [0.15, 0.2) is 170 Å². The number of fused-ring (bicyclic) bond motifs is 3. The molecule has 1 heteroatoms. The molecule has 0 aliphatic heterocycles. The summed E-state index contributed by atoms with van der Waals surface area (Å²) in [7, 11) is 0. The normalized spacial score (nSPS) is 12.3. The fourth-order valence-electron chi connectivity index (χ4n) is 8.96. The van der Waals surface area contributed by atoms with Crippen molar-refractivity contribution in [3.63, 3.8) is 0 Å². The van der Waals surface area contributed by atoms with Crippen molar-refractivity contribution >= 4 is 96.1 Å². The quantitative estimate of drug-likeness (QED) is 0.165. The van der Waals surface area contributed by atoms with E-state index in [4.69, 9.17) is 0 Å². The van der Waals surface area contributed by atoms with E-state index in [0.29, 0.717) is 0 Å². The minimum Gasteiger partial charge on any atom is -0.135 e. The van der Waals surface area contributed by atoms with E-state index < -0.39 is 0 Å². The van der Waals surface area contributed by atoms with Crippen LogP contribution in [0.1, 0.15) is 0 Å². The predicted octanol–water partition coefficient (Wildman–Crippen LogP) is 14.9. The van der Waals surface area contributed by atoms with Gasteiger partial charge in [0.1, 0.15) is 0 Å². The van der Waals surface area contributed by atoms with Crippen molar-refractivity contribution in [2.75, 3.05) is 0 Å². The molecule has 51 heavy (non-hydrogen) atoms. The Hall–Kier alpha value is -6.28. The lowest BCUT2D eigenvalue weighted by molar-refractivity contribution is 1.63. The molecule has 1 aromatic heterocycles. The van der Waals surface area contributed by atoms with E-state index in [-0.39, 0.29) is 0 Å². The smallest absolute Gasteiger partial charge is 0.0355 e. The summed E-state index contributed by atoms with van der Waals surface area (Å²) < 4.78 is 2.65. The first-order valence-electron chi connectivity index (χ1n) is 17.7. The summed E-state index contributed by atoms with van der Waals surface area (Å²) in [5.41, 5.74) is 7.57. The van der Waals surface area contributed by atoms with Crippen molar-refractivity contribution in [1.29, 1.82) is 0 Å². The SMILES string of the molecule is c1cc(-c2ccc3sc4ccc(-c5ccc6ccc7cccc8ccc5c6c78)cc4c3c2)cc(-c2ccc3ccc4cccc5ccc2c3c45)c1. The highest BCUT2D eigenvalue weighted by molar-refractivity contribution is 7.25. The molecule has 0 unspecified atom stereocenters. The third kappa shape index (κ3) is 3.90. The molecule has 1 heterocycles. The molecular weight excluding hydrogens is 633 g/mol. The van der Waals surface area contributed by atoms with Crippen LogP contribution in [0.4, 0.5) is 0 Å². The maximum atomic E-state index is 2.42. The monoisotopic (exact) mass is 660 g/mol. The molecule has 11 aromatic carbocycles. The molecular formula is C50H28S. The van der Waals surface area contributed by atoms with Gasteiger partial charge in [-0.3, -0.25) is 0 Å². The number of rotatable bonds is 3. The zero-order chi connectivity index (χ0) is 33.2. The van der Waals surface area contributed by atoms with Gasteiger partial charge in [0.25, 0.3) is 0 Å². The summed E-state index contributed by atoms with van der Waals surface area (Å²) in [6.45, 7) is 0. The van der Waals surface area contributed by atoms with Crippen LogP contribution in [0.25, 0.3) is 118 Å². The Morgan fingerprint density at radius 2 is 0.647 bits per heavy atom. The Balaban J connectivity index is 1.00. The first-order valence-corrected chi connectivity index (χ1v) is 18.5. The van der Waals surface area contributed by atoms with Crippen molar-refractivity contribution in [1.82, 2.24) is 0 Å². The number of thiophene rings is 1. The minimum absolute atomic E-state index is 1.24. The molecule has 0 fully saturated rings. The average molecular weight is 661 g/mol. The standard InChI is InChI=1S/C50H28S/c1-4-29-10-12-33-14-20-39(41-22-16-31(6-1)47(29)49(33)41)37-9-3-8-35(26-37)36-18-24-45-43(27-36)44-28-38(19-25-46(44)51-45)40-21-15-34-13-11-30-5-2-7-32-17-23-42(40)50(34)48(30)32/h1-28H. The first-order chi connectivity index (χ1) is 25.2. The van der Waals surface area contributed by atoms with E-state index >= 15 is 0 Å². The van der Waals surface area contributed by atoms with Gasteiger partial charge in [0, 0.05) is 20.2 Å². The van der Waals surface area contributed by atoms with Crippen molar-refractivity contribution in [2.24, 2.45) is 0 Å². The van der Waals surface area contributed by atoms with Crippen LogP contribution >= 0.6 is 11.3 Å². The second kappa shape index (κ2) is 10.1. The number of hydrogen-bond acceptors (Lipinski definition) is 1. The van der Waals surface area contributed by atoms with E-state index in [9.17, 15) is 0 Å². The lowest BCUT2D eigenvalue weighted by Crippen LogP contribution is -1.88. The van der Waals surface area contributed by atoms with Gasteiger partial charge in [-0.2, -0.15) is 0 Å². The molecule has 0 nitrogen and oxygen atoms in total. The zero-order valence-electron chi connectivity index (χ0n) is 27.6. The topological polar surface area (TPSA) is 0 Å². The Bertz CT molecular complexity index is 3330. The largest absolute Gasteiger partial charge is 0.135 e. The van der Waals surface area contributed by atoms with E-state index in [0.717, 1.165) is 0 Å². The van der Waals surface area contributed by atoms with Crippen molar-refractivity contribution < 1.29 is 0 Å². The summed E-state index contributed by atoms with van der Waals surface area (Å²) in [4.78, 5) is 0. The predicted molar refractivity (Wildman–Crippen MR) is 223 cm³/mol. The molecule has 234 valence electrons. The molecule has 0 radical (unpaired) electrons. The fourth-order valence-corrected chi connectivity index (χ4v) is 10.0. The van der Waals surface area contributed by atoms with E-state index in [2.05, 4.69) is 170 Å². The van der Waals surface area contributed by atoms with Gasteiger partial charge in [-0.1, -0.05) is 140 Å². The molecule has 0 saturated heterocycles. The lowest BCUT2D eigenvalue weighted by Gasteiger charge is -2.15. The molecule has 0 amide bonds. The van der Waals surface area contributed by atoms with Crippen molar-refractivity contribution in [3.8, 4) is 33.4 Å². The van der Waals surface area contributed by atoms with Crippen LogP contribution < -0.4 is 0 Å². The van der Waals surface area contributed by atoms with E-state index in [1.54, 1.807) is 0 Å². The van der Waals surface area contributed by atoms with E-state index in [1.807, 2.05) is 11.3 Å². The van der Waals surface area contributed by atoms with Crippen LogP contribution in [0.3, 0.4) is 0 Å². The molecule has 0 aliphatic carbocycles. The summed E-state index contributed by atoms with van der Waals surface area (Å²) in [5, 5.41) is 18.5. The van der Waals surface area contributed by atoms with Crippen LogP contribution in [-0.2, 0) is 0 Å². The Morgan fingerprint density at radius 3 is 1.22 bits per heavy atom. The van der Waals surface area contributed by atoms with Crippen LogP contribution in [-0.4, -0.2) is 0 Å². The van der Waals surface area contributed by atoms with E-state index in [1.165, 1.54) is 118 Å². The highest BCUT2D eigenvalue weighted by atomic mass is 32.1. The van der Waals surface area contributed by atoms with Gasteiger partial charge in [0.15, 0.2) is 0 Å². The number of hydrogen-bond donors (Lipinski definition) is 0. The van der Waals surface area contributed by atoms with Gasteiger partial charge in [0.2, 0.25) is 0 Å². The Kier molecular flexibility index (Phi) is 5.47. The van der Waals surface area contributed by atoms with Gasteiger partial charge >= 0.3 is 0 Å². The molecule has 0 atom stereocenters. The fraction of sp³-hybridized carbons (Fsp3) is 0. The summed E-state index contributed by atoms with van der Waals surface area (Å²) >= 11 is 1.88. The van der Waals surface area contributed by atoms with Gasteiger partial charge in [-0.25, -0.2) is 0 Å². The summed E-state index contributed by atoms with van der Waals surface area (Å²) in [5.74, 6) is 0. The second-order valence-corrected chi connectivity index (χ2v) is 15.1. The van der Waals surface area contributed by atoms with Crippen LogP contribution in [0, 0.1) is 0 Å². The highest BCUT2D eigenvalue weighted by Gasteiger charge is 2.16. The van der Waals surface area contributed by atoms with Crippen LogP contribution in [0.5, 0.6) is 0 Å². The maximum Gasteiger partial charge on any atom is 0.0355 e. The second-order valence-electron chi connectivity index (χ2n) is 14.0. The van der Waals surface area contributed by atoms with Gasteiger partial charge in [-0.05, 0) is 128 Å². The first kappa shape index (κ1) is 27.5. The highest BCUT2D eigenvalue weighted by Crippen LogP contribution is 2.44. The van der Waals surface area contributed by atoms with Crippen LogP contribution in [0.2, 0.25) is 0 Å². The van der Waals surface area contributed by atoms with Crippen molar-refractivity contribution in [3.05, 3.63) is 170 Å². The molecule has 0 saturated carbocycles. The minimum atomic E-state index is 1.24. The molecule has 0 aliphatic rings. The Labute approximate surface area is 298 Å². The number of benzene rings is 11.